The average Bonchev–Trinajstić information content (AvgIpc) is 3.63. The first-order chi connectivity index (χ1) is 21.8. The van der Waals surface area contributed by atoms with E-state index in [0.29, 0.717) is 69.7 Å². The number of carbonyl (C=O) groups excluding carboxylic acids is 4. The largest absolute Gasteiger partial charge is 0.383 e. The number of aryl methyl sites for hydroxylation is 1. The molecule has 2 N–H and O–H groups in total. The predicted molar refractivity (Wildman–Crippen MR) is 165 cm³/mol. The second-order valence-corrected chi connectivity index (χ2v) is 11.6. The summed E-state index contributed by atoms with van der Waals surface area (Å²) < 4.78 is 8.67. The summed E-state index contributed by atoms with van der Waals surface area (Å²) in [4.78, 5) is 56.4. The molecule has 0 saturated carbocycles. The maximum atomic E-state index is 13.6. The number of hydrogen-bond acceptors (Lipinski definition) is 7. The highest BCUT2D eigenvalue weighted by atomic mass is 16.5. The number of rotatable bonds is 6. The van der Waals surface area contributed by atoms with Crippen LogP contribution in [-0.4, -0.2) is 105 Å². The summed E-state index contributed by atoms with van der Waals surface area (Å²) in [5.74, 6) is -0.883. The van der Waals surface area contributed by atoms with Gasteiger partial charge in [0.2, 0.25) is 11.8 Å². The predicted octanol–water partition coefficient (Wildman–Crippen LogP) is 1.17. The van der Waals surface area contributed by atoms with Gasteiger partial charge in [0.15, 0.2) is 5.69 Å². The number of aromatic nitrogens is 4. The third-order valence-electron chi connectivity index (χ3n) is 8.35. The summed E-state index contributed by atoms with van der Waals surface area (Å²) >= 11 is 0. The zero-order valence-corrected chi connectivity index (χ0v) is 26.0. The fraction of sp³-hybridized carbons (Fsp3) is 0.500. The van der Waals surface area contributed by atoms with Gasteiger partial charge in [-0.15, -0.1) is 0 Å². The van der Waals surface area contributed by atoms with E-state index in [2.05, 4.69) is 20.8 Å². The van der Waals surface area contributed by atoms with Crippen LogP contribution in [0.2, 0.25) is 0 Å². The molecular weight excluding hydrogens is 576 g/mol. The van der Waals surface area contributed by atoms with Crippen molar-refractivity contribution in [2.24, 2.45) is 7.05 Å². The first-order valence-corrected chi connectivity index (χ1v) is 15.6. The number of fused-ring (bicyclic) bond motifs is 1. The highest BCUT2D eigenvalue weighted by Gasteiger charge is 2.30. The van der Waals surface area contributed by atoms with Crippen LogP contribution < -0.4 is 10.6 Å². The molecule has 5 rings (SSSR count). The van der Waals surface area contributed by atoms with E-state index in [1.165, 1.54) is 4.90 Å². The fourth-order valence-electron chi connectivity index (χ4n) is 6.00. The molecule has 0 fully saturated rings. The van der Waals surface area contributed by atoms with Crippen molar-refractivity contribution in [1.29, 1.82) is 0 Å². The molecular formula is C32H42N8O5. The van der Waals surface area contributed by atoms with Crippen molar-refractivity contribution in [1.82, 2.24) is 40.0 Å². The molecule has 45 heavy (non-hydrogen) atoms. The molecule has 3 aromatic rings. The van der Waals surface area contributed by atoms with E-state index < -0.39 is 0 Å². The van der Waals surface area contributed by atoms with Crippen molar-refractivity contribution in [2.45, 2.75) is 51.1 Å². The van der Waals surface area contributed by atoms with Crippen molar-refractivity contribution in [3.05, 3.63) is 70.8 Å². The molecule has 240 valence electrons. The zero-order chi connectivity index (χ0) is 31.8. The number of nitrogens with one attached hydrogen (secondary N) is 2. The van der Waals surface area contributed by atoms with E-state index in [9.17, 15) is 19.2 Å². The van der Waals surface area contributed by atoms with Crippen molar-refractivity contribution in [3.8, 4) is 0 Å². The number of ether oxygens (including phenoxy) is 1. The van der Waals surface area contributed by atoms with Gasteiger partial charge in [0.25, 0.3) is 11.8 Å². The second kappa shape index (κ2) is 15.0. The Labute approximate surface area is 262 Å². The monoisotopic (exact) mass is 618 g/mol. The van der Waals surface area contributed by atoms with Gasteiger partial charge in [0.05, 0.1) is 31.5 Å². The molecule has 1 aliphatic heterocycles. The van der Waals surface area contributed by atoms with Crippen molar-refractivity contribution in [3.63, 3.8) is 0 Å². The Hall–Kier alpha value is -4.52. The van der Waals surface area contributed by atoms with Crippen LogP contribution >= 0.6 is 0 Å². The molecule has 1 atom stereocenters. The van der Waals surface area contributed by atoms with Gasteiger partial charge < -0.3 is 25.2 Å². The van der Waals surface area contributed by atoms with E-state index in [0.717, 1.165) is 23.2 Å². The smallest absolute Gasteiger partial charge is 0.272 e. The minimum atomic E-state index is -0.267. The standard InChI is InChI=1S/C32H42N8O5/c1-37-27-12-11-25-18-26(27)30(36-37)31(43)33-13-7-15-38(14-6-10-29(42)39(16-17-45-2)22-28(41)35-25)32(44)24-19-34-40(21-24)20-23-8-4-3-5-9-23/h3-5,8-9,19,21,25H,6-7,10-18,20,22H2,1-2H3,(H,33,43)(H,35,41). The van der Waals surface area contributed by atoms with Crippen molar-refractivity contribution >= 4 is 23.6 Å². The minimum Gasteiger partial charge on any atom is -0.383 e. The van der Waals surface area contributed by atoms with Crippen molar-refractivity contribution < 1.29 is 23.9 Å². The quantitative estimate of drug-likeness (QED) is 0.422. The number of benzene rings is 1. The maximum absolute atomic E-state index is 13.6. The number of amides is 4. The van der Waals surface area contributed by atoms with Gasteiger partial charge in [0.1, 0.15) is 0 Å². The molecule has 13 heteroatoms. The first-order valence-electron chi connectivity index (χ1n) is 15.6. The molecule has 0 radical (unpaired) electrons. The molecule has 2 aliphatic rings. The second-order valence-electron chi connectivity index (χ2n) is 11.6. The van der Waals surface area contributed by atoms with E-state index in [1.54, 1.807) is 33.8 Å². The van der Waals surface area contributed by atoms with Crippen LogP contribution in [0, 0.1) is 0 Å². The Morgan fingerprint density at radius 2 is 1.89 bits per heavy atom. The summed E-state index contributed by atoms with van der Waals surface area (Å²) in [5.41, 5.74) is 3.72. The van der Waals surface area contributed by atoms with Crippen LogP contribution in [0.4, 0.5) is 0 Å². The number of nitrogens with zero attached hydrogens (tertiary/aromatic N) is 6. The molecule has 1 aromatic carbocycles. The maximum Gasteiger partial charge on any atom is 0.272 e. The fourth-order valence-corrected chi connectivity index (χ4v) is 6.00. The van der Waals surface area contributed by atoms with Crippen LogP contribution in [-0.2, 0) is 40.8 Å². The van der Waals surface area contributed by atoms with Gasteiger partial charge in [0, 0.05) is 70.3 Å². The van der Waals surface area contributed by atoms with Crippen molar-refractivity contribution in [2.75, 3.05) is 46.4 Å². The van der Waals surface area contributed by atoms with Gasteiger partial charge in [-0.1, -0.05) is 30.3 Å². The topological polar surface area (TPSA) is 144 Å². The average molecular weight is 619 g/mol. The van der Waals surface area contributed by atoms with Crippen LogP contribution in [0.1, 0.15) is 63.4 Å². The van der Waals surface area contributed by atoms with Gasteiger partial charge >= 0.3 is 0 Å². The van der Waals surface area contributed by atoms with Crippen LogP contribution in [0.25, 0.3) is 0 Å². The van der Waals surface area contributed by atoms with Gasteiger partial charge in [-0.05, 0) is 37.7 Å². The number of hydrogen-bond donors (Lipinski definition) is 2. The number of methoxy groups -OCH3 is 1. The highest BCUT2D eigenvalue weighted by Crippen LogP contribution is 2.24. The molecule has 1 aliphatic carbocycles. The first kappa shape index (κ1) is 31.9. The molecule has 2 bridgehead atoms. The summed E-state index contributed by atoms with van der Waals surface area (Å²) in [6, 6.07) is 9.72. The van der Waals surface area contributed by atoms with E-state index in [1.807, 2.05) is 37.4 Å². The van der Waals surface area contributed by atoms with Crippen LogP contribution in [0.3, 0.4) is 0 Å². The lowest BCUT2D eigenvalue weighted by atomic mass is 9.91. The number of carbonyl (C=O) groups is 4. The van der Waals surface area contributed by atoms with E-state index in [-0.39, 0.29) is 49.2 Å². The Bertz CT molecular complexity index is 1500. The molecule has 13 nitrogen and oxygen atoms in total. The molecule has 1 unspecified atom stereocenters. The highest BCUT2D eigenvalue weighted by molar-refractivity contribution is 5.94. The Morgan fingerprint density at radius 1 is 1.09 bits per heavy atom. The van der Waals surface area contributed by atoms with Gasteiger partial charge in [-0.2, -0.15) is 10.2 Å². The molecule has 0 saturated heterocycles. The lowest BCUT2D eigenvalue weighted by molar-refractivity contribution is -0.137. The Morgan fingerprint density at radius 3 is 2.69 bits per heavy atom. The molecule has 2 aromatic heterocycles. The normalized spacial score (nSPS) is 18.6. The summed E-state index contributed by atoms with van der Waals surface area (Å²) in [6.07, 6.45) is 6.31. The van der Waals surface area contributed by atoms with Gasteiger partial charge in [-0.25, -0.2) is 0 Å². The third-order valence-corrected chi connectivity index (χ3v) is 8.35. The van der Waals surface area contributed by atoms with Gasteiger partial charge in [-0.3, -0.25) is 28.5 Å². The van der Waals surface area contributed by atoms with E-state index in [4.69, 9.17) is 4.74 Å². The molecule has 4 amide bonds. The third kappa shape index (κ3) is 8.15. The molecule has 3 heterocycles. The summed E-state index contributed by atoms with van der Waals surface area (Å²) in [6.45, 7) is 2.11. The molecule has 0 spiro atoms. The van der Waals surface area contributed by atoms with Crippen LogP contribution in [0.5, 0.6) is 0 Å². The van der Waals surface area contributed by atoms with Crippen LogP contribution in [0.15, 0.2) is 42.7 Å². The summed E-state index contributed by atoms with van der Waals surface area (Å²) in [7, 11) is 3.38. The minimum absolute atomic E-state index is 0.0881. The Kier molecular flexibility index (Phi) is 10.6. The lowest BCUT2D eigenvalue weighted by Crippen LogP contribution is -2.47. The lowest BCUT2D eigenvalue weighted by Gasteiger charge is -2.27. The zero-order valence-electron chi connectivity index (χ0n) is 26.0. The summed E-state index contributed by atoms with van der Waals surface area (Å²) in [5, 5.41) is 14.9. The van der Waals surface area contributed by atoms with E-state index >= 15 is 0 Å². The Balaban J connectivity index is 1.33. The SMILES string of the molecule is COCCN1CC(=O)NC2CCc3c(c(nn3C)C(=O)NCCCN(C(=O)c3cnn(Cc4ccccc4)c3)CCCC1=O)C2.